The number of para-hydroxylation sites is 1. The quantitative estimate of drug-likeness (QED) is 0.157. The molecule has 3 nitrogen and oxygen atoms in total. The fraction of sp³-hybridized carbons (Fsp3) is 0.160. The summed E-state index contributed by atoms with van der Waals surface area (Å²) >= 11 is 1.90. The molecule has 0 atom stereocenters. The molecule has 5 heterocycles. The summed E-state index contributed by atoms with van der Waals surface area (Å²) in [5.41, 5.74) is 16.2. The number of benzene rings is 7. The number of hydrogen-bond donors (Lipinski definition) is 0. The van der Waals surface area contributed by atoms with Gasteiger partial charge in [0.1, 0.15) is 11.2 Å². The van der Waals surface area contributed by atoms with Gasteiger partial charge in [0.2, 0.25) is 0 Å². The Hall–Kier alpha value is -5.78. The van der Waals surface area contributed by atoms with Crippen LogP contribution in [0.15, 0.2) is 132 Å². The van der Waals surface area contributed by atoms with Crippen molar-refractivity contribution in [3.05, 3.63) is 139 Å². The Labute approximate surface area is 324 Å². The molecule has 0 saturated heterocycles. The molecule has 0 N–H and O–H groups in total. The zero-order valence-corrected chi connectivity index (χ0v) is 32.7. The molecule has 10 aromatic rings. The third-order valence-corrected chi connectivity index (χ3v) is 13.6. The van der Waals surface area contributed by atoms with Crippen LogP contribution in [0.5, 0.6) is 0 Å². The van der Waals surface area contributed by atoms with Crippen molar-refractivity contribution in [1.29, 1.82) is 0 Å². The highest BCUT2D eigenvalue weighted by Crippen LogP contribution is 2.48. The number of furan rings is 1. The van der Waals surface area contributed by atoms with Crippen molar-refractivity contribution < 1.29 is 4.42 Å². The van der Waals surface area contributed by atoms with Gasteiger partial charge >= 0.3 is 6.85 Å². The van der Waals surface area contributed by atoms with E-state index < -0.39 is 0 Å². The van der Waals surface area contributed by atoms with Gasteiger partial charge in [0.15, 0.2) is 0 Å². The summed E-state index contributed by atoms with van der Waals surface area (Å²) in [5, 5.41) is 7.45. The van der Waals surface area contributed by atoms with Gasteiger partial charge in [-0.3, -0.25) is 0 Å². The van der Waals surface area contributed by atoms with Crippen LogP contribution in [0.2, 0.25) is 0 Å². The molecular formula is C50H39BN2OS. The predicted molar refractivity (Wildman–Crippen MR) is 237 cm³/mol. The first kappa shape index (κ1) is 31.6. The lowest BCUT2D eigenvalue weighted by Crippen LogP contribution is -2.60. The van der Waals surface area contributed by atoms with Crippen molar-refractivity contribution in [3.8, 4) is 16.8 Å². The van der Waals surface area contributed by atoms with Crippen molar-refractivity contribution in [2.24, 2.45) is 0 Å². The minimum atomic E-state index is -0.0362. The van der Waals surface area contributed by atoms with Gasteiger partial charge in [-0.2, -0.15) is 0 Å². The predicted octanol–water partition coefficient (Wildman–Crippen LogP) is 12.9. The van der Waals surface area contributed by atoms with Crippen molar-refractivity contribution in [2.45, 2.75) is 52.4 Å². The molecule has 0 radical (unpaired) electrons. The largest absolute Gasteiger partial charge is 0.456 e. The average Bonchev–Trinajstić information content (AvgIpc) is 3.83. The lowest BCUT2D eigenvalue weighted by Gasteiger charge is -2.42. The fourth-order valence-corrected chi connectivity index (χ4v) is 10.8. The van der Waals surface area contributed by atoms with Gasteiger partial charge in [0, 0.05) is 64.3 Å². The lowest BCUT2D eigenvalue weighted by atomic mass is 9.44. The Kier molecular flexibility index (Phi) is 6.02. The van der Waals surface area contributed by atoms with Gasteiger partial charge in [-0.15, -0.1) is 11.3 Å². The van der Waals surface area contributed by atoms with Crippen LogP contribution in [0.3, 0.4) is 0 Å². The second-order valence-corrected chi connectivity index (χ2v) is 18.9. The Bertz CT molecular complexity index is 3290. The first-order chi connectivity index (χ1) is 26.5. The van der Waals surface area contributed by atoms with Gasteiger partial charge in [-0.05, 0) is 93.0 Å². The van der Waals surface area contributed by atoms with E-state index in [1.807, 2.05) is 11.3 Å². The fourth-order valence-electron chi connectivity index (χ4n) is 9.70. The van der Waals surface area contributed by atoms with E-state index in [1.165, 1.54) is 92.2 Å². The van der Waals surface area contributed by atoms with Gasteiger partial charge in [-0.25, -0.2) is 0 Å². The number of fused-ring (bicyclic) bond motifs is 14. The Balaban J connectivity index is 1.26. The summed E-state index contributed by atoms with van der Waals surface area (Å²) in [5.74, 6) is 0. The summed E-state index contributed by atoms with van der Waals surface area (Å²) in [4.78, 5) is 2.65. The van der Waals surface area contributed by atoms with E-state index in [0.29, 0.717) is 0 Å². The molecule has 55 heavy (non-hydrogen) atoms. The minimum Gasteiger partial charge on any atom is -0.456 e. The molecule has 12 rings (SSSR count). The third kappa shape index (κ3) is 4.22. The molecule has 0 bridgehead atoms. The average molecular weight is 727 g/mol. The standard InChI is InChI=1S/C50H39BN2OS/c1-49(2,3)28-15-18-30(19-16-28)53-40-22-17-29(50(4,5)6)23-35(40)33-20-21-34-36-26-44-37(31-11-7-9-13-43(31)54-44)25-41(36)52-42-27-46-38(32-12-8-10-14-45(32)55-46)24-39(42)51(53)47(33)48(34)52/h7-27H,1-6H3. The summed E-state index contributed by atoms with van der Waals surface area (Å²) in [6.45, 7) is 13.8. The number of anilines is 2. The molecule has 0 fully saturated rings. The van der Waals surface area contributed by atoms with Gasteiger partial charge in [-0.1, -0.05) is 114 Å². The van der Waals surface area contributed by atoms with Crippen molar-refractivity contribution in [2.75, 3.05) is 4.81 Å². The van der Waals surface area contributed by atoms with Crippen LogP contribution in [0.25, 0.3) is 80.7 Å². The molecule has 0 spiro atoms. The smallest absolute Gasteiger partial charge is 0.333 e. The van der Waals surface area contributed by atoms with Gasteiger partial charge < -0.3 is 13.8 Å². The highest BCUT2D eigenvalue weighted by molar-refractivity contribution is 7.25. The molecule has 0 unspecified atom stereocenters. The number of aromatic nitrogens is 1. The summed E-state index contributed by atoms with van der Waals surface area (Å²) in [6, 6.07) is 48.4. The van der Waals surface area contributed by atoms with E-state index in [4.69, 9.17) is 4.42 Å². The van der Waals surface area contributed by atoms with Gasteiger partial charge in [0.25, 0.3) is 0 Å². The van der Waals surface area contributed by atoms with Crippen molar-refractivity contribution >= 4 is 104 Å². The van der Waals surface area contributed by atoms with E-state index in [0.717, 1.165) is 21.9 Å². The minimum absolute atomic E-state index is 0.0103. The molecule has 0 amide bonds. The maximum absolute atomic E-state index is 6.52. The van der Waals surface area contributed by atoms with E-state index >= 15 is 0 Å². The molecular weight excluding hydrogens is 687 g/mol. The molecule has 2 aliphatic rings. The Morgan fingerprint density at radius 3 is 2.07 bits per heavy atom. The summed E-state index contributed by atoms with van der Waals surface area (Å²) in [6.07, 6.45) is 0. The molecule has 2 aliphatic heterocycles. The SMILES string of the molecule is CC(C)(C)c1ccc(N2B3c4cc5c(cc4-n4c6cc7c(cc6c6ccc(c3c64)-c3cc(C(C)(C)C)ccc32)oc2ccccc27)sc2ccccc25)cc1. The Morgan fingerprint density at radius 1 is 0.527 bits per heavy atom. The second kappa shape index (κ2) is 10.5. The summed E-state index contributed by atoms with van der Waals surface area (Å²) < 4.78 is 11.8. The maximum Gasteiger partial charge on any atom is 0.333 e. The number of thiophene rings is 1. The monoisotopic (exact) mass is 726 g/mol. The highest BCUT2D eigenvalue weighted by atomic mass is 32.1. The third-order valence-electron chi connectivity index (χ3n) is 12.5. The second-order valence-electron chi connectivity index (χ2n) is 17.8. The van der Waals surface area contributed by atoms with Crippen molar-refractivity contribution in [1.82, 2.24) is 4.57 Å². The maximum atomic E-state index is 6.52. The Morgan fingerprint density at radius 2 is 1.27 bits per heavy atom. The molecule has 0 aliphatic carbocycles. The molecule has 264 valence electrons. The first-order valence-corrected chi connectivity index (χ1v) is 20.3. The van der Waals surface area contributed by atoms with Crippen LogP contribution in [-0.4, -0.2) is 11.4 Å². The van der Waals surface area contributed by atoms with E-state index in [1.54, 1.807) is 0 Å². The first-order valence-electron chi connectivity index (χ1n) is 19.5. The zero-order valence-electron chi connectivity index (χ0n) is 31.9. The van der Waals surface area contributed by atoms with Crippen LogP contribution < -0.4 is 15.7 Å². The molecule has 0 saturated carbocycles. The highest BCUT2D eigenvalue weighted by Gasteiger charge is 2.44. The zero-order chi connectivity index (χ0) is 37.1. The lowest BCUT2D eigenvalue weighted by molar-refractivity contribution is 0.590. The van der Waals surface area contributed by atoms with Crippen molar-refractivity contribution in [3.63, 3.8) is 0 Å². The summed E-state index contributed by atoms with van der Waals surface area (Å²) in [7, 11) is 0. The normalized spacial score (nSPS) is 13.9. The van der Waals surface area contributed by atoms with Crippen LogP contribution in [-0.2, 0) is 10.8 Å². The molecule has 5 heteroatoms. The molecule has 7 aromatic carbocycles. The van der Waals surface area contributed by atoms with Crippen LogP contribution in [0.4, 0.5) is 11.4 Å². The van der Waals surface area contributed by atoms with Crippen LogP contribution >= 0.6 is 11.3 Å². The number of rotatable bonds is 1. The number of hydrogen-bond acceptors (Lipinski definition) is 3. The number of nitrogens with zero attached hydrogens (tertiary/aromatic N) is 2. The van der Waals surface area contributed by atoms with E-state index in [9.17, 15) is 0 Å². The van der Waals surface area contributed by atoms with Gasteiger partial charge in [0.05, 0.1) is 11.0 Å². The molecule has 3 aromatic heterocycles. The van der Waals surface area contributed by atoms with Crippen LogP contribution in [0.1, 0.15) is 52.7 Å². The van der Waals surface area contributed by atoms with E-state index in [2.05, 4.69) is 178 Å². The topological polar surface area (TPSA) is 21.3 Å². The van der Waals surface area contributed by atoms with E-state index in [-0.39, 0.29) is 17.7 Å². The van der Waals surface area contributed by atoms with Crippen LogP contribution in [0, 0.1) is 0 Å².